The monoisotopic (exact) mass is 575 g/mol. The van der Waals surface area contributed by atoms with Crippen LogP contribution in [0.15, 0.2) is 87.3 Å². The van der Waals surface area contributed by atoms with Crippen molar-refractivity contribution in [3.63, 3.8) is 0 Å². The highest BCUT2D eigenvalue weighted by Gasteiger charge is 2.39. The van der Waals surface area contributed by atoms with Crippen molar-refractivity contribution in [2.24, 2.45) is 5.10 Å². The molecule has 0 saturated carbocycles. The molecule has 35 heavy (non-hydrogen) atoms. The number of hydrogen-bond donors (Lipinski definition) is 1. The average molecular weight is 577 g/mol. The maximum atomic E-state index is 13.1. The van der Waals surface area contributed by atoms with E-state index in [4.69, 9.17) is 16.3 Å². The Labute approximate surface area is 217 Å². The molecule has 0 aliphatic carbocycles. The van der Waals surface area contributed by atoms with Crippen LogP contribution < -0.4 is 10.2 Å². The summed E-state index contributed by atoms with van der Waals surface area (Å²) in [5.74, 6) is 0.130. The van der Waals surface area contributed by atoms with Gasteiger partial charge >= 0.3 is 0 Å². The number of hydrazone groups is 1. The summed E-state index contributed by atoms with van der Waals surface area (Å²) in [6.07, 6.45) is 2.49. The zero-order valence-electron chi connectivity index (χ0n) is 18.6. The van der Waals surface area contributed by atoms with Crippen LogP contribution >= 0.6 is 27.5 Å². The minimum absolute atomic E-state index is 0.0990. The molecule has 1 aliphatic rings. The van der Waals surface area contributed by atoms with Gasteiger partial charge in [0.15, 0.2) is 0 Å². The number of ether oxygens (including phenoxy) is 1. The smallest absolute Gasteiger partial charge is 0.258 e. The Bertz CT molecular complexity index is 1320. The molecular formula is C25H23BrClN3O4S. The van der Waals surface area contributed by atoms with E-state index in [0.717, 1.165) is 10.0 Å². The summed E-state index contributed by atoms with van der Waals surface area (Å²) in [7, 11) is -3.83. The number of rotatable bonds is 8. The van der Waals surface area contributed by atoms with Crippen molar-refractivity contribution in [2.75, 3.05) is 6.54 Å². The summed E-state index contributed by atoms with van der Waals surface area (Å²) in [6.45, 7) is 0.642. The summed E-state index contributed by atoms with van der Waals surface area (Å²) in [6, 6.07) is 20.2. The Hall–Kier alpha value is -2.72. The van der Waals surface area contributed by atoms with Crippen molar-refractivity contribution in [1.82, 2.24) is 9.73 Å². The molecule has 3 aromatic rings. The van der Waals surface area contributed by atoms with E-state index in [1.54, 1.807) is 0 Å². The summed E-state index contributed by atoms with van der Waals surface area (Å²) in [4.78, 5) is 12.9. The lowest BCUT2D eigenvalue weighted by Gasteiger charge is -2.22. The molecule has 1 fully saturated rings. The number of hydrogen-bond acceptors (Lipinski definition) is 5. The molecule has 0 unspecified atom stereocenters. The van der Waals surface area contributed by atoms with Crippen LogP contribution in [0.3, 0.4) is 0 Å². The van der Waals surface area contributed by atoms with Crippen LogP contribution in [0.25, 0.3) is 0 Å². The number of amides is 1. The second-order valence-corrected chi connectivity index (χ2v) is 11.2. The topological polar surface area (TPSA) is 88.1 Å². The predicted octanol–water partition coefficient (Wildman–Crippen LogP) is 4.98. The van der Waals surface area contributed by atoms with Gasteiger partial charge in [0, 0.05) is 21.6 Å². The van der Waals surface area contributed by atoms with Crippen LogP contribution in [-0.4, -0.2) is 37.4 Å². The largest absolute Gasteiger partial charge is 0.488 e. The first-order valence-corrected chi connectivity index (χ1v) is 13.5. The van der Waals surface area contributed by atoms with Gasteiger partial charge in [-0.15, -0.1) is 0 Å². The van der Waals surface area contributed by atoms with E-state index in [1.165, 1.54) is 34.8 Å². The van der Waals surface area contributed by atoms with Crippen molar-refractivity contribution in [1.29, 1.82) is 0 Å². The van der Waals surface area contributed by atoms with Crippen LogP contribution in [0.2, 0.25) is 5.02 Å². The van der Waals surface area contributed by atoms with Crippen LogP contribution in [0.5, 0.6) is 5.75 Å². The zero-order chi connectivity index (χ0) is 24.8. The molecule has 3 aromatic carbocycles. The lowest BCUT2D eigenvalue weighted by atomic mass is 10.2. The van der Waals surface area contributed by atoms with Crippen LogP contribution in [-0.2, 0) is 21.4 Å². The number of nitrogens with one attached hydrogen (secondary N) is 1. The Balaban J connectivity index is 1.41. The van der Waals surface area contributed by atoms with Gasteiger partial charge in [0.1, 0.15) is 18.4 Å². The third kappa shape index (κ3) is 6.29. The van der Waals surface area contributed by atoms with Crippen molar-refractivity contribution in [3.05, 3.63) is 93.4 Å². The molecule has 7 nitrogen and oxygen atoms in total. The number of carbonyl (C=O) groups is 1. The molecule has 0 spiro atoms. The number of nitrogens with zero attached hydrogens (tertiary/aromatic N) is 2. The normalized spacial score (nSPS) is 16.5. The first kappa shape index (κ1) is 25.4. The number of halogens is 2. The van der Waals surface area contributed by atoms with Gasteiger partial charge in [-0.3, -0.25) is 4.79 Å². The molecular weight excluding hydrogens is 554 g/mol. The van der Waals surface area contributed by atoms with Gasteiger partial charge in [0.05, 0.1) is 11.1 Å². The fourth-order valence-corrected chi connectivity index (χ4v) is 5.78. The highest BCUT2D eigenvalue weighted by molar-refractivity contribution is 9.10. The van der Waals surface area contributed by atoms with E-state index in [0.29, 0.717) is 35.8 Å². The van der Waals surface area contributed by atoms with Crippen LogP contribution in [0.1, 0.15) is 24.0 Å². The molecule has 1 atom stereocenters. The van der Waals surface area contributed by atoms with Gasteiger partial charge < -0.3 is 4.74 Å². The Kier molecular flexibility index (Phi) is 8.22. The number of benzene rings is 3. The fraction of sp³-hybridized carbons (Fsp3) is 0.200. The van der Waals surface area contributed by atoms with Crippen molar-refractivity contribution >= 4 is 49.7 Å². The standard InChI is InChI=1S/C25H23BrClN3O4S/c26-20-9-7-18(8-10-20)17-34-24-6-2-1-4-19(24)16-28-29-25(31)23-5-3-15-30(23)35(32,33)22-13-11-21(27)12-14-22/h1-2,4,6-14,16,23H,3,5,15,17H2,(H,29,31)/b28-16-/t23-/m0/s1. The summed E-state index contributed by atoms with van der Waals surface area (Å²) < 4.78 is 34.2. The Morgan fingerprint density at radius 2 is 1.83 bits per heavy atom. The molecule has 1 heterocycles. The fourth-order valence-electron chi connectivity index (χ4n) is 3.73. The second kappa shape index (κ2) is 11.3. The Morgan fingerprint density at radius 3 is 2.57 bits per heavy atom. The van der Waals surface area contributed by atoms with Crippen molar-refractivity contribution < 1.29 is 17.9 Å². The zero-order valence-corrected chi connectivity index (χ0v) is 21.8. The molecule has 4 rings (SSSR count). The van der Waals surface area contributed by atoms with E-state index >= 15 is 0 Å². The van der Waals surface area contributed by atoms with Gasteiger partial charge in [0.25, 0.3) is 5.91 Å². The van der Waals surface area contributed by atoms with E-state index < -0.39 is 22.0 Å². The third-order valence-electron chi connectivity index (χ3n) is 5.53. The Morgan fingerprint density at radius 1 is 1.11 bits per heavy atom. The summed E-state index contributed by atoms with van der Waals surface area (Å²) >= 11 is 9.29. The number of para-hydroxylation sites is 1. The van der Waals surface area contributed by atoms with E-state index in [2.05, 4.69) is 26.5 Å². The summed E-state index contributed by atoms with van der Waals surface area (Å²) in [5.41, 5.74) is 4.18. The number of sulfonamides is 1. The van der Waals surface area contributed by atoms with Gasteiger partial charge in [-0.2, -0.15) is 9.41 Å². The van der Waals surface area contributed by atoms with Crippen LogP contribution in [0.4, 0.5) is 0 Å². The highest BCUT2D eigenvalue weighted by atomic mass is 79.9. The quantitative estimate of drug-likeness (QED) is 0.303. The molecule has 0 radical (unpaired) electrons. The molecule has 1 aliphatic heterocycles. The first-order chi connectivity index (χ1) is 16.8. The lowest BCUT2D eigenvalue weighted by molar-refractivity contribution is -0.124. The lowest BCUT2D eigenvalue weighted by Crippen LogP contribution is -2.44. The second-order valence-electron chi connectivity index (χ2n) is 7.91. The highest BCUT2D eigenvalue weighted by Crippen LogP contribution is 2.27. The molecule has 1 saturated heterocycles. The molecule has 182 valence electrons. The predicted molar refractivity (Wildman–Crippen MR) is 139 cm³/mol. The molecule has 1 N–H and O–H groups in total. The van der Waals surface area contributed by atoms with Gasteiger partial charge in [-0.05, 0) is 66.9 Å². The van der Waals surface area contributed by atoms with E-state index in [1.807, 2.05) is 48.5 Å². The SMILES string of the molecule is O=C(N/N=C\c1ccccc1OCc1ccc(Br)cc1)[C@@H]1CCCN1S(=O)(=O)c1ccc(Cl)cc1. The van der Waals surface area contributed by atoms with Gasteiger partial charge in [-0.1, -0.05) is 51.8 Å². The van der Waals surface area contributed by atoms with Crippen molar-refractivity contribution in [2.45, 2.75) is 30.4 Å². The maximum absolute atomic E-state index is 13.1. The van der Waals surface area contributed by atoms with Gasteiger partial charge in [-0.25, -0.2) is 13.8 Å². The van der Waals surface area contributed by atoms with E-state index in [9.17, 15) is 13.2 Å². The minimum Gasteiger partial charge on any atom is -0.488 e. The molecule has 10 heteroatoms. The molecule has 0 aromatic heterocycles. The van der Waals surface area contributed by atoms with Crippen molar-refractivity contribution in [3.8, 4) is 5.75 Å². The van der Waals surface area contributed by atoms with Crippen LogP contribution in [0, 0.1) is 0 Å². The summed E-state index contributed by atoms with van der Waals surface area (Å²) in [5, 5.41) is 4.50. The average Bonchev–Trinajstić information content (AvgIpc) is 3.36. The third-order valence-corrected chi connectivity index (χ3v) is 8.23. The molecule has 1 amide bonds. The maximum Gasteiger partial charge on any atom is 0.258 e. The van der Waals surface area contributed by atoms with Gasteiger partial charge in [0.2, 0.25) is 10.0 Å². The number of carbonyl (C=O) groups excluding carboxylic acids is 1. The van der Waals surface area contributed by atoms with E-state index in [-0.39, 0.29) is 11.4 Å². The molecule has 0 bridgehead atoms. The minimum atomic E-state index is -3.83. The first-order valence-electron chi connectivity index (χ1n) is 10.9.